The molecule has 3 atom stereocenters. The van der Waals surface area contributed by atoms with Crippen LogP contribution in [0.15, 0.2) is 35.8 Å². The number of aromatic nitrogens is 2. The van der Waals surface area contributed by atoms with E-state index in [-0.39, 0.29) is 63.1 Å². The van der Waals surface area contributed by atoms with Crippen molar-refractivity contribution in [2.75, 3.05) is 53.5 Å². The summed E-state index contributed by atoms with van der Waals surface area (Å²) in [5.41, 5.74) is 1.74. The second kappa shape index (κ2) is 18.6. The molecule has 52 heavy (non-hydrogen) atoms. The SMILES string of the molecule is CCOCCC(=O)N1CCN(C)C(=O)[C@H](C)NC(=O)CN(C)C(=O)[C@@H](Cc2c[nH]c3ccccc23)NC(=O)c2csc(n2)[C@H](CC(C)C)NC(=O)C1. The number of amides is 6. The van der Waals surface area contributed by atoms with Crippen LogP contribution >= 0.6 is 11.3 Å². The Hall–Kier alpha value is -4.83. The Morgan fingerprint density at radius 1 is 0.962 bits per heavy atom. The summed E-state index contributed by atoms with van der Waals surface area (Å²) in [5.74, 6) is -2.68. The molecule has 15 nitrogen and oxygen atoms in total. The molecule has 0 saturated heterocycles. The minimum absolute atomic E-state index is 0.0547. The van der Waals surface area contributed by atoms with E-state index in [1.54, 1.807) is 18.6 Å². The third-order valence-electron chi connectivity index (χ3n) is 8.74. The van der Waals surface area contributed by atoms with Gasteiger partial charge in [0, 0.05) is 62.7 Å². The van der Waals surface area contributed by atoms with Crippen LogP contribution in [0.25, 0.3) is 10.9 Å². The number of nitrogens with one attached hydrogen (secondary N) is 4. The number of carbonyl (C=O) groups is 6. The number of nitrogens with zero attached hydrogens (tertiary/aromatic N) is 4. The molecule has 1 aromatic carbocycles. The summed E-state index contributed by atoms with van der Waals surface area (Å²) in [4.78, 5) is 92.4. The molecule has 1 aliphatic rings. The maximum Gasteiger partial charge on any atom is 0.271 e. The summed E-state index contributed by atoms with van der Waals surface area (Å²) >= 11 is 1.21. The molecule has 1 aliphatic heterocycles. The maximum absolute atomic E-state index is 13.9. The number of likely N-dealkylation sites (N-methyl/N-ethyl adjacent to an activating group) is 2. The van der Waals surface area contributed by atoms with Gasteiger partial charge in [-0.3, -0.25) is 28.8 Å². The highest BCUT2D eigenvalue weighted by atomic mass is 32.1. The number of rotatable bonds is 8. The minimum atomic E-state index is -1.06. The molecule has 4 rings (SSSR count). The number of para-hydroxylation sites is 1. The van der Waals surface area contributed by atoms with Crippen molar-refractivity contribution in [3.05, 3.63) is 52.1 Å². The van der Waals surface area contributed by atoms with Gasteiger partial charge in [0.25, 0.3) is 5.91 Å². The fraction of sp³-hybridized carbons (Fsp3) is 0.528. The van der Waals surface area contributed by atoms with Crippen molar-refractivity contribution in [3.63, 3.8) is 0 Å². The molecule has 3 heterocycles. The fourth-order valence-corrected chi connectivity index (χ4v) is 6.85. The summed E-state index contributed by atoms with van der Waals surface area (Å²) in [6.45, 7) is 7.50. The van der Waals surface area contributed by atoms with Gasteiger partial charge < -0.3 is 40.4 Å². The van der Waals surface area contributed by atoms with Crippen LogP contribution in [0.5, 0.6) is 0 Å². The summed E-state index contributed by atoms with van der Waals surface area (Å²) in [5, 5.41) is 11.4. The topological polar surface area (TPSA) is 186 Å². The summed E-state index contributed by atoms with van der Waals surface area (Å²) in [6, 6.07) is 5.04. The number of benzene rings is 1. The molecular weight excluding hydrogens is 689 g/mol. The molecule has 282 valence electrons. The first-order valence-electron chi connectivity index (χ1n) is 17.5. The molecule has 0 radical (unpaired) electrons. The number of ether oxygens (including phenoxy) is 1. The molecule has 0 spiro atoms. The Labute approximate surface area is 307 Å². The van der Waals surface area contributed by atoms with Gasteiger partial charge in [0.2, 0.25) is 29.5 Å². The molecule has 3 aromatic rings. The molecule has 0 fully saturated rings. The highest BCUT2D eigenvalue weighted by Crippen LogP contribution is 2.25. The fourth-order valence-electron chi connectivity index (χ4n) is 5.98. The molecule has 6 amide bonds. The number of hydrogen-bond acceptors (Lipinski definition) is 9. The van der Waals surface area contributed by atoms with E-state index in [2.05, 4.69) is 25.9 Å². The molecule has 0 unspecified atom stereocenters. The van der Waals surface area contributed by atoms with Gasteiger partial charge in [0.1, 0.15) is 22.8 Å². The zero-order valence-corrected chi connectivity index (χ0v) is 31.5. The standard InChI is InChI=1S/C36H50N8O7S/c1-7-51-15-12-32(47)44-14-13-42(5)35(49)23(4)38-30(45)19-43(6)36(50)28(17-24-18-37-26-11-9-8-10-25(24)26)40-33(48)29-21-52-34(41-29)27(16-22(2)3)39-31(46)20-44/h8-11,18,21-23,27-28,37H,7,12-17,19-20H2,1-6H3,(H,38,45)(H,39,46)(H,40,48)/t23-,27-,28+/m0/s1. The van der Waals surface area contributed by atoms with Gasteiger partial charge in [-0.1, -0.05) is 32.0 Å². The maximum atomic E-state index is 13.9. The van der Waals surface area contributed by atoms with E-state index < -0.39 is 47.7 Å². The van der Waals surface area contributed by atoms with E-state index in [4.69, 9.17) is 4.74 Å². The second-order valence-corrected chi connectivity index (χ2v) is 14.3. The van der Waals surface area contributed by atoms with E-state index >= 15 is 0 Å². The van der Waals surface area contributed by atoms with E-state index in [1.807, 2.05) is 45.0 Å². The molecule has 2 aromatic heterocycles. The van der Waals surface area contributed by atoms with Crippen molar-refractivity contribution in [2.45, 2.75) is 65.1 Å². The van der Waals surface area contributed by atoms with Crippen LogP contribution in [0.4, 0.5) is 0 Å². The van der Waals surface area contributed by atoms with Crippen LogP contribution < -0.4 is 16.0 Å². The molecule has 2 bridgehead atoms. The highest BCUT2D eigenvalue weighted by Gasteiger charge is 2.30. The number of aromatic amines is 1. The van der Waals surface area contributed by atoms with Gasteiger partial charge >= 0.3 is 0 Å². The van der Waals surface area contributed by atoms with Crippen molar-refractivity contribution in [1.82, 2.24) is 40.6 Å². The first kappa shape index (κ1) is 39.9. The second-order valence-electron chi connectivity index (χ2n) is 13.4. The molecule has 4 N–H and O–H groups in total. The normalized spacial score (nSPS) is 20.5. The molecule has 0 saturated carbocycles. The van der Waals surface area contributed by atoms with Crippen molar-refractivity contribution < 1.29 is 33.5 Å². The van der Waals surface area contributed by atoms with Crippen LogP contribution in [-0.2, 0) is 35.1 Å². The van der Waals surface area contributed by atoms with Gasteiger partial charge in [-0.2, -0.15) is 0 Å². The average Bonchev–Trinajstić information content (AvgIpc) is 3.76. The van der Waals surface area contributed by atoms with E-state index in [1.165, 1.54) is 40.0 Å². The number of H-pyrrole nitrogens is 1. The minimum Gasteiger partial charge on any atom is -0.381 e. The van der Waals surface area contributed by atoms with Crippen molar-refractivity contribution in [2.24, 2.45) is 5.92 Å². The quantitative estimate of drug-likeness (QED) is 0.252. The number of carbonyl (C=O) groups excluding carboxylic acids is 6. The lowest BCUT2D eigenvalue weighted by molar-refractivity contribution is -0.140. The smallest absolute Gasteiger partial charge is 0.271 e. The summed E-state index contributed by atoms with van der Waals surface area (Å²) in [6.07, 6.45) is 2.48. The summed E-state index contributed by atoms with van der Waals surface area (Å²) in [7, 11) is 3.01. The van der Waals surface area contributed by atoms with Crippen LogP contribution in [0.1, 0.15) is 67.6 Å². The van der Waals surface area contributed by atoms with Gasteiger partial charge in [-0.25, -0.2) is 4.98 Å². The van der Waals surface area contributed by atoms with Gasteiger partial charge in [-0.05, 0) is 37.8 Å². The first-order chi connectivity index (χ1) is 24.8. The molecular formula is C36H50N8O7S. The average molecular weight is 739 g/mol. The Morgan fingerprint density at radius 2 is 1.69 bits per heavy atom. The third-order valence-corrected chi connectivity index (χ3v) is 9.69. The largest absolute Gasteiger partial charge is 0.381 e. The first-order valence-corrected chi connectivity index (χ1v) is 18.4. The Bertz CT molecular complexity index is 1740. The summed E-state index contributed by atoms with van der Waals surface area (Å²) < 4.78 is 5.36. The lowest BCUT2D eigenvalue weighted by Gasteiger charge is -2.28. The molecule has 0 aliphatic carbocycles. The third kappa shape index (κ3) is 10.8. The number of fused-ring (bicyclic) bond motifs is 3. The predicted molar refractivity (Wildman–Crippen MR) is 196 cm³/mol. The van der Waals surface area contributed by atoms with Crippen molar-refractivity contribution >= 4 is 57.7 Å². The highest BCUT2D eigenvalue weighted by molar-refractivity contribution is 7.09. The van der Waals surface area contributed by atoms with Crippen LogP contribution in [0.3, 0.4) is 0 Å². The Balaban J connectivity index is 1.66. The number of thiazole rings is 1. The Morgan fingerprint density at radius 3 is 2.42 bits per heavy atom. The van der Waals surface area contributed by atoms with E-state index in [9.17, 15) is 28.8 Å². The lowest BCUT2D eigenvalue weighted by atomic mass is 10.0. The van der Waals surface area contributed by atoms with Gasteiger partial charge in [-0.15, -0.1) is 11.3 Å². The monoisotopic (exact) mass is 738 g/mol. The lowest BCUT2D eigenvalue weighted by Crippen LogP contribution is -2.53. The van der Waals surface area contributed by atoms with Gasteiger partial charge in [0.05, 0.1) is 32.2 Å². The van der Waals surface area contributed by atoms with Crippen molar-refractivity contribution in [3.8, 4) is 0 Å². The van der Waals surface area contributed by atoms with Crippen LogP contribution in [0, 0.1) is 5.92 Å². The predicted octanol–water partition coefficient (Wildman–Crippen LogP) is 1.86. The van der Waals surface area contributed by atoms with E-state index in [0.717, 1.165) is 16.5 Å². The molecule has 16 heteroatoms. The zero-order valence-electron chi connectivity index (χ0n) is 30.7. The Kier molecular flexibility index (Phi) is 14.3. The van der Waals surface area contributed by atoms with Crippen molar-refractivity contribution in [1.29, 1.82) is 0 Å². The van der Waals surface area contributed by atoms with Crippen LogP contribution in [0.2, 0.25) is 0 Å². The zero-order chi connectivity index (χ0) is 37.9. The van der Waals surface area contributed by atoms with Gasteiger partial charge in [0.15, 0.2) is 0 Å². The van der Waals surface area contributed by atoms with E-state index in [0.29, 0.717) is 18.0 Å². The number of hydrogen-bond donors (Lipinski definition) is 4. The van der Waals surface area contributed by atoms with Crippen LogP contribution in [-0.4, -0.2) is 126 Å².